The first kappa shape index (κ1) is 15.0. The lowest BCUT2D eigenvalue weighted by molar-refractivity contribution is -0.145. The maximum atomic E-state index is 11.4. The number of carboxylic acid groups (broad SMARTS) is 2. The van der Waals surface area contributed by atoms with Crippen LogP contribution in [-0.4, -0.2) is 27.7 Å². The molecule has 20 heavy (non-hydrogen) atoms. The molecule has 6 heteroatoms. The molecule has 4 N–H and O–H groups in total. The number of aliphatic carboxylic acids is 2. The summed E-state index contributed by atoms with van der Waals surface area (Å²) in [5, 5.41) is 18.3. The van der Waals surface area contributed by atoms with E-state index in [1.54, 1.807) is 0 Å². The Morgan fingerprint density at radius 2 is 2.10 bits per heavy atom. The van der Waals surface area contributed by atoms with Crippen LogP contribution >= 0.6 is 15.9 Å². The second-order valence-corrected chi connectivity index (χ2v) is 6.18. The number of nitrogens with two attached hydrogens (primary N) is 1. The van der Waals surface area contributed by atoms with Crippen molar-refractivity contribution >= 4 is 27.9 Å². The Morgan fingerprint density at radius 1 is 1.40 bits per heavy atom. The fraction of sp³-hybridized carbons (Fsp3) is 0.429. The van der Waals surface area contributed by atoms with Gasteiger partial charge in [-0.2, -0.15) is 0 Å². The van der Waals surface area contributed by atoms with Gasteiger partial charge in [-0.25, -0.2) is 0 Å². The summed E-state index contributed by atoms with van der Waals surface area (Å²) in [5.74, 6) is -3.20. The van der Waals surface area contributed by atoms with E-state index in [0.29, 0.717) is 12.8 Å². The lowest BCUT2D eigenvalue weighted by Gasteiger charge is -2.25. The van der Waals surface area contributed by atoms with Crippen molar-refractivity contribution < 1.29 is 19.8 Å². The molecule has 0 amide bonds. The van der Waals surface area contributed by atoms with Gasteiger partial charge in [0.25, 0.3) is 0 Å². The van der Waals surface area contributed by atoms with E-state index in [-0.39, 0.29) is 6.42 Å². The largest absolute Gasteiger partial charge is 0.481 e. The molecule has 1 fully saturated rings. The summed E-state index contributed by atoms with van der Waals surface area (Å²) in [6.45, 7) is 0. The Morgan fingerprint density at radius 3 is 2.60 bits per heavy atom. The minimum Gasteiger partial charge on any atom is -0.481 e. The average Bonchev–Trinajstić information content (AvgIpc) is 3.16. The first-order valence-corrected chi connectivity index (χ1v) is 7.13. The molecular formula is C14H16BrNO4. The number of carboxylic acids is 2. The number of rotatable bonds is 6. The first-order chi connectivity index (χ1) is 9.34. The zero-order valence-corrected chi connectivity index (χ0v) is 12.3. The molecular weight excluding hydrogens is 326 g/mol. The van der Waals surface area contributed by atoms with Crippen LogP contribution < -0.4 is 5.73 Å². The van der Waals surface area contributed by atoms with Crippen LogP contribution in [0.3, 0.4) is 0 Å². The lowest BCUT2D eigenvalue weighted by Crippen LogP contribution is -2.51. The number of carbonyl (C=O) groups is 2. The van der Waals surface area contributed by atoms with E-state index in [4.69, 9.17) is 10.8 Å². The third-order valence-corrected chi connectivity index (χ3v) is 4.38. The quantitative estimate of drug-likeness (QED) is 0.733. The number of halogens is 1. The lowest BCUT2D eigenvalue weighted by atomic mass is 9.86. The summed E-state index contributed by atoms with van der Waals surface area (Å²) in [4.78, 5) is 22.3. The van der Waals surface area contributed by atoms with Gasteiger partial charge in [0.2, 0.25) is 0 Å². The summed E-state index contributed by atoms with van der Waals surface area (Å²) in [6, 6.07) is 7.56. The number of hydrogen-bond acceptors (Lipinski definition) is 3. The molecule has 0 spiro atoms. The highest BCUT2D eigenvalue weighted by Gasteiger charge is 2.57. The Labute approximate surface area is 124 Å². The van der Waals surface area contributed by atoms with Gasteiger partial charge in [-0.1, -0.05) is 28.1 Å². The fourth-order valence-corrected chi connectivity index (χ4v) is 2.98. The number of benzene rings is 1. The summed E-state index contributed by atoms with van der Waals surface area (Å²) in [6.07, 6.45) is 1.08. The fourth-order valence-electron chi connectivity index (χ4n) is 2.53. The van der Waals surface area contributed by atoms with Crippen molar-refractivity contribution in [2.75, 3.05) is 0 Å². The zero-order valence-electron chi connectivity index (χ0n) is 10.8. The molecule has 3 unspecified atom stereocenters. The van der Waals surface area contributed by atoms with Gasteiger partial charge in [-0.3, -0.25) is 9.59 Å². The highest BCUT2D eigenvalue weighted by atomic mass is 79.9. The highest BCUT2D eigenvalue weighted by molar-refractivity contribution is 9.10. The van der Waals surface area contributed by atoms with Gasteiger partial charge >= 0.3 is 11.9 Å². The van der Waals surface area contributed by atoms with E-state index in [1.807, 2.05) is 24.3 Å². The molecule has 0 bridgehead atoms. The minimum absolute atomic E-state index is 0.229. The highest BCUT2D eigenvalue weighted by Crippen LogP contribution is 2.47. The topological polar surface area (TPSA) is 101 Å². The van der Waals surface area contributed by atoms with Crippen LogP contribution in [0.4, 0.5) is 0 Å². The van der Waals surface area contributed by atoms with E-state index in [2.05, 4.69) is 15.9 Å². The third-order valence-electron chi connectivity index (χ3n) is 3.88. The van der Waals surface area contributed by atoms with Crippen LogP contribution in [0.2, 0.25) is 0 Å². The van der Waals surface area contributed by atoms with Gasteiger partial charge in [0.1, 0.15) is 5.54 Å². The Balaban J connectivity index is 2.07. The summed E-state index contributed by atoms with van der Waals surface area (Å²) in [7, 11) is 0. The van der Waals surface area contributed by atoms with Crippen molar-refractivity contribution in [2.24, 2.45) is 17.6 Å². The van der Waals surface area contributed by atoms with E-state index in [1.165, 1.54) is 0 Å². The normalized spacial score (nSPS) is 23.9. The molecule has 0 radical (unpaired) electrons. The van der Waals surface area contributed by atoms with Crippen LogP contribution in [0, 0.1) is 11.8 Å². The second kappa shape index (κ2) is 5.54. The van der Waals surface area contributed by atoms with E-state index in [9.17, 15) is 14.7 Å². The van der Waals surface area contributed by atoms with E-state index in [0.717, 1.165) is 10.0 Å². The SMILES string of the molecule is NC(CCc1cccc(Br)c1)(C(=O)O)C1CC1C(=O)O. The van der Waals surface area contributed by atoms with Crippen molar-refractivity contribution in [2.45, 2.75) is 24.8 Å². The molecule has 0 heterocycles. The van der Waals surface area contributed by atoms with Crippen molar-refractivity contribution in [1.29, 1.82) is 0 Å². The molecule has 2 rings (SSSR count). The van der Waals surface area contributed by atoms with Crippen molar-refractivity contribution in [1.82, 2.24) is 0 Å². The molecule has 1 saturated carbocycles. The van der Waals surface area contributed by atoms with Crippen LogP contribution in [0.15, 0.2) is 28.7 Å². The Hall–Kier alpha value is -1.40. The van der Waals surface area contributed by atoms with Crippen LogP contribution in [0.1, 0.15) is 18.4 Å². The third kappa shape index (κ3) is 3.02. The van der Waals surface area contributed by atoms with Gasteiger partial charge in [-0.05, 0) is 37.0 Å². The molecule has 5 nitrogen and oxygen atoms in total. The summed E-state index contributed by atoms with van der Waals surface area (Å²) < 4.78 is 0.919. The van der Waals surface area contributed by atoms with Crippen LogP contribution in [0.5, 0.6) is 0 Å². The minimum atomic E-state index is -1.47. The van der Waals surface area contributed by atoms with Crippen molar-refractivity contribution in [3.63, 3.8) is 0 Å². The van der Waals surface area contributed by atoms with Gasteiger partial charge in [0.15, 0.2) is 0 Å². The molecule has 1 aromatic carbocycles. The maximum Gasteiger partial charge on any atom is 0.324 e. The van der Waals surface area contributed by atoms with Gasteiger partial charge in [0, 0.05) is 10.4 Å². The molecule has 1 aliphatic carbocycles. The molecule has 1 aromatic rings. The molecule has 0 saturated heterocycles. The zero-order chi connectivity index (χ0) is 14.9. The van der Waals surface area contributed by atoms with Gasteiger partial charge < -0.3 is 15.9 Å². The van der Waals surface area contributed by atoms with Crippen molar-refractivity contribution in [3.05, 3.63) is 34.3 Å². The Bertz CT molecular complexity index is 548. The van der Waals surface area contributed by atoms with E-state index < -0.39 is 29.3 Å². The maximum absolute atomic E-state index is 11.4. The predicted octanol–water partition coefficient (Wildman–Crippen LogP) is 1.88. The molecule has 108 valence electrons. The standard InChI is InChI=1S/C14H16BrNO4/c15-9-3-1-2-8(6-9)4-5-14(16,13(19)20)11-7-10(11)12(17)18/h1-3,6,10-11H,4-5,7,16H2,(H,17,18)(H,19,20). The van der Waals surface area contributed by atoms with Crippen LogP contribution in [-0.2, 0) is 16.0 Å². The predicted molar refractivity (Wildman–Crippen MR) is 76.3 cm³/mol. The molecule has 3 atom stereocenters. The van der Waals surface area contributed by atoms with Crippen LogP contribution in [0.25, 0.3) is 0 Å². The molecule has 0 aromatic heterocycles. The number of aryl methyl sites for hydroxylation is 1. The second-order valence-electron chi connectivity index (χ2n) is 5.26. The Kier molecular flexibility index (Phi) is 4.15. The van der Waals surface area contributed by atoms with Gasteiger partial charge in [-0.15, -0.1) is 0 Å². The van der Waals surface area contributed by atoms with E-state index >= 15 is 0 Å². The van der Waals surface area contributed by atoms with Gasteiger partial charge in [0.05, 0.1) is 5.92 Å². The summed E-state index contributed by atoms with van der Waals surface area (Å²) >= 11 is 3.36. The molecule has 0 aliphatic heterocycles. The monoisotopic (exact) mass is 341 g/mol. The summed E-state index contributed by atoms with van der Waals surface area (Å²) in [5.41, 5.74) is 5.49. The van der Waals surface area contributed by atoms with Crippen molar-refractivity contribution in [3.8, 4) is 0 Å². The smallest absolute Gasteiger partial charge is 0.324 e. The first-order valence-electron chi connectivity index (χ1n) is 6.34. The average molecular weight is 342 g/mol. The molecule has 1 aliphatic rings. The number of hydrogen-bond donors (Lipinski definition) is 3.